The van der Waals surface area contributed by atoms with Crippen LogP contribution in [0, 0.1) is 17.9 Å². The minimum absolute atomic E-state index is 0.0792. The molecule has 7 nitrogen and oxygen atoms in total. The van der Waals surface area contributed by atoms with E-state index in [4.69, 9.17) is 4.74 Å². The summed E-state index contributed by atoms with van der Waals surface area (Å²) in [6, 6.07) is 11.0. The summed E-state index contributed by atoms with van der Waals surface area (Å²) in [5.74, 6) is -2.82. The molecule has 2 aromatic carbocycles. The Morgan fingerprint density at radius 1 is 1.09 bits per heavy atom. The van der Waals surface area contributed by atoms with Crippen LogP contribution in [0.25, 0.3) is 22.2 Å². The molecule has 35 heavy (non-hydrogen) atoms. The van der Waals surface area contributed by atoms with Crippen LogP contribution in [0.5, 0.6) is 11.5 Å². The third-order valence-electron chi connectivity index (χ3n) is 4.90. The molecule has 0 aliphatic heterocycles. The van der Waals surface area contributed by atoms with E-state index in [9.17, 15) is 31.2 Å². The van der Waals surface area contributed by atoms with Gasteiger partial charge in [0.1, 0.15) is 11.4 Å². The number of aryl methyl sites for hydroxylation is 1. The Hall–Kier alpha value is -3.32. The molecule has 2 heterocycles. The Morgan fingerprint density at radius 2 is 1.80 bits per heavy atom. The molecule has 0 fully saturated rings. The van der Waals surface area contributed by atoms with Crippen LogP contribution in [-0.2, 0) is 10.0 Å². The SMILES string of the molecule is Cc1cc(-c2cc(NS(=O)(=O)CC(F)(F)F)ccc2Oc2ccc(Br)cc2F)c2cc[nH]c2[n+]1[O-]. The minimum atomic E-state index is -4.94. The van der Waals surface area contributed by atoms with E-state index in [0.29, 0.717) is 20.2 Å². The van der Waals surface area contributed by atoms with E-state index >= 15 is 0 Å². The van der Waals surface area contributed by atoms with Gasteiger partial charge < -0.3 is 9.94 Å². The Bertz CT molecular complexity index is 1540. The van der Waals surface area contributed by atoms with E-state index in [2.05, 4.69) is 20.9 Å². The van der Waals surface area contributed by atoms with Crippen molar-refractivity contribution in [2.75, 3.05) is 10.5 Å². The first-order valence-electron chi connectivity index (χ1n) is 9.88. The summed E-state index contributed by atoms with van der Waals surface area (Å²) in [6.07, 6.45) is -3.42. The maximum atomic E-state index is 14.4. The van der Waals surface area contributed by atoms with Crippen LogP contribution in [0.1, 0.15) is 5.69 Å². The van der Waals surface area contributed by atoms with Gasteiger partial charge in [-0.3, -0.25) is 4.72 Å². The standard InChI is InChI=1S/C22H16BrF4N3O4S/c1-12-8-16(15-6-7-28-21(15)30(12)31)17-10-14(29-35(32,33)11-22(25,26)27)3-5-19(17)34-20-4-2-13(23)9-18(20)24/h2-10,28-29H,11H2,1H3. The van der Waals surface area contributed by atoms with Gasteiger partial charge in [-0.25, -0.2) is 22.5 Å². The van der Waals surface area contributed by atoms with Gasteiger partial charge in [0.25, 0.3) is 5.65 Å². The quantitative estimate of drug-likeness (QED) is 0.174. The van der Waals surface area contributed by atoms with Crippen LogP contribution in [0.2, 0.25) is 0 Å². The average molecular weight is 574 g/mol. The van der Waals surface area contributed by atoms with E-state index in [1.165, 1.54) is 42.6 Å². The number of H-pyrrole nitrogens is 1. The molecule has 13 heteroatoms. The number of hydrogen-bond acceptors (Lipinski definition) is 4. The lowest BCUT2D eigenvalue weighted by molar-refractivity contribution is -0.586. The molecule has 0 aliphatic carbocycles. The van der Waals surface area contributed by atoms with Crippen molar-refractivity contribution >= 4 is 42.7 Å². The highest BCUT2D eigenvalue weighted by molar-refractivity contribution is 9.10. The number of aromatic nitrogens is 2. The second kappa shape index (κ2) is 9.04. The van der Waals surface area contributed by atoms with Crippen LogP contribution in [-0.4, -0.2) is 25.3 Å². The summed E-state index contributed by atoms with van der Waals surface area (Å²) in [4.78, 5) is 2.81. The molecule has 0 atom stereocenters. The third kappa shape index (κ3) is 5.51. The fourth-order valence-electron chi connectivity index (χ4n) is 3.49. The number of sulfonamides is 1. The van der Waals surface area contributed by atoms with E-state index in [0.717, 1.165) is 0 Å². The highest BCUT2D eigenvalue weighted by Gasteiger charge is 2.35. The van der Waals surface area contributed by atoms with E-state index in [1.807, 2.05) is 4.72 Å². The predicted molar refractivity (Wildman–Crippen MR) is 125 cm³/mol. The lowest BCUT2D eigenvalue weighted by Gasteiger charge is -2.17. The molecular weight excluding hydrogens is 558 g/mol. The minimum Gasteiger partial charge on any atom is -0.710 e. The first-order valence-corrected chi connectivity index (χ1v) is 12.3. The summed E-state index contributed by atoms with van der Waals surface area (Å²) in [6.45, 7) is 1.54. The highest BCUT2D eigenvalue weighted by atomic mass is 79.9. The summed E-state index contributed by atoms with van der Waals surface area (Å²) in [5.41, 5.74) is 0.929. The number of nitrogens with one attached hydrogen (secondary N) is 2. The number of rotatable bonds is 6. The van der Waals surface area contributed by atoms with Gasteiger partial charge in [0, 0.05) is 21.3 Å². The molecule has 0 unspecified atom stereocenters. The van der Waals surface area contributed by atoms with Gasteiger partial charge in [-0.1, -0.05) is 15.9 Å². The second-order valence-corrected chi connectivity index (χ2v) is 10.2. The number of nitrogens with zero attached hydrogens (tertiary/aromatic N) is 1. The number of halogens is 5. The van der Waals surface area contributed by atoms with E-state index < -0.39 is 27.8 Å². The normalized spacial score (nSPS) is 12.2. The second-order valence-electron chi connectivity index (χ2n) is 7.60. The van der Waals surface area contributed by atoms with Crippen molar-refractivity contribution in [1.29, 1.82) is 0 Å². The number of ether oxygens (including phenoxy) is 1. The molecule has 0 amide bonds. The number of benzene rings is 2. The van der Waals surface area contributed by atoms with Crippen molar-refractivity contribution in [3.8, 4) is 22.6 Å². The summed E-state index contributed by atoms with van der Waals surface area (Å²) in [5, 5.41) is 12.8. The third-order valence-corrected chi connectivity index (χ3v) is 6.65. The fourth-order valence-corrected chi connectivity index (χ4v) is 4.81. The highest BCUT2D eigenvalue weighted by Crippen LogP contribution is 2.40. The van der Waals surface area contributed by atoms with Crippen LogP contribution < -0.4 is 14.2 Å². The smallest absolute Gasteiger partial charge is 0.404 e. The Balaban J connectivity index is 1.87. The molecule has 2 N–H and O–H groups in total. The van der Waals surface area contributed by atoms with Crippen LogP contribution in [0.3, 0.4) is 0 Å². The first-order chi connectivity index (χ1) is 16.3. The van der Waals surface area contributed by atoms with E-state index in [1.54, 1.807) is 19.1 Å². The van der Waals surface area contributed by atoms with Crippen LogP contribution in [0.4, 0.5) is 23.2 Å². The van der Waals surface area contributed by atoms with Crippen molar-refractivity contribution in [2.45, 2.75) is 13.1 Å². The van der Waals surface area contributed by atoms with Crippen molar-refractivity contribution in [1.82, 2.24) is 4.98 Å². The molecule has 0 saturated carbocycles. The number of anilines is 1. The van der Waals surface area contributed by atoms with Gasteiger partial charge in [0.15, 0.2) is 17.3 Å². The number of aromatic amines is 1. The largest absolute Gasteiger partial charge is 0.710 e. The zero-order valence-electron chi connectivity index (χ0n) is 17.8. The van der Waals surface area contributed by atoms with Crippen LogP contribution in [0.15, 0.2) is 59.2 Å². The zero-order chi connectivity index (χ0) is 25.5. The molecular formula is C22H16BrF4N3O4S. The van der Waals surface area contributed by atoms with Crippen molar-refractivity contribution < 1.29 is 35.4 Å². The van der Waals surface area contributed by atoms with Crippen molar-refractivity contribution in [3.63, 3.8) is 0 Å². The molecule has 2 aromatic heterocycles. The maximum absolute atomic E-state index is 14.4. The Morgan fingerprint density at radius 3 is 2.49 bits per heavy atom. The molecule has 4 aromatic rings. The summed E-state index contributed by atoms with van der Waals surface area (Å²) >= 11 is 3.15. The molecule has 0 bridgehead atoms. The molecule has 0 spiro atoms. The fraction of sp³-hybridized carbons (Fsp3) is 0.136. The maximum Gasteiger partial charge on any atom is 0.404 e. The summed E-state index contributed by atoms with van der Waals surface area (Å²) < 4.78 is 85.3. The number of alkyl halides is 3. The molecule has 0 saturated heterocycles. The van der Waals surface area contributed by atoms with Crippen molar-refractivity contribution in [2.24, 2.45) is 0 Å². The van der Waals surface area contributed by atoms with Gasteiger partial charge in [-0.15, -0.1) is 0 Å². The monoisotopic (exact) mass is 573 g/mol. The molecule has 184 valence electrons. The Kier molecular flexibility index (Phi) is 6.40. The van der Waals surface area contributed by atoms with Crippen molar-refractivity contribution in [3.05, 3.63) is 75.9 Å². The first kappa shape index (κ1) is 24.8. The van der Waals surface area contributed by atoms with Gasteiger partial charge in [-0.05, 0) is 55.5 Å². The Labute approximate surface area is 205 Å². The molecule has 0 radical (unpaired) electrons. The number of hydrogen-bond donors (Lipinski definition) is 2. The topological polar surface area (TPSA) is 98.1 Å². The van der Waals surface area contributed by atoms with Gasteiger partial charge in [0.05, 0.1) is 11.6 Å². The van der Waals surface area contributed by atoms with E-state index in [-0.39, 0.29) is 34.1 Å². The van der Waals surface area contributed by atoms with Gasteiger partial charge in [-0.2, -0.15) is 13.2 Å². The molecule has 4 rings (SSSR count). The predicted octanol–water partition coefficient (Wildman–Crippen LogP) is 5.77. The van der Waals surface area contributed by atoms with Gasteiger partial charge >= 0.3 is 6.18 Å². The number of fused-ring (bicyclic) bond motifs is 1. The lowest BCUT2D eigenvalue weighted by atomic mass is 10.0. The summed E-state index contributed by atoms with van der Waals surface area (Å²) in [7, 11) is -4.76. The molecule has 0 aliphatic rings. The van der Waals surface area contributed by atoms with Crippen LogP contribution >= 0.6 is 15.9 Å². The zero-order valence-corrected chi connectivity index (χ0v) is 20.2. The lowest BCUT2D eigenvalue weighted by Crippen LogP contribution is -2.31. The number of pyridine rings is 1. The average Bonchev–Trinajstić information content (AvgIpc) is 3.22. The van der Waals surface area contributed by atoms with Gasteiger partial charge in [0.2, 0.25) is 10.0 Å².